The van der Waals surface area contributed by atoms with Crippen LogP contribution in [0.15, 0.2) is 12.4 Å². The number of carbonyl (C=O) groups is 1. The van der Waals surface area contributed by atoms with Crippen molar-refractivity contribution in [1.82, 2.24) is 20.0 Å². The molecule has 19 heavy (non-hydrogen) atoms. The van der Waals surface area contributed by atoms with Crippen molar-refractivity contribution in [2.24, 2.45) is 13.0 Å². The Morgan fingerprint density at radius 3 is 2.84 bits per heavy atom. The Kier molecular flexibility index (Phi) is 5.82. The van der Waals surface area contributed by atoms with Gasteiger partial charge in [-0.2, -0.15) is 5.10 Å². The summed E-state index contributed by atoms with van der Waals surface area (Å²) in [5, 5.41) is 7.23. The number of aryl methyl sites for hydroxylation is 1. The number of nitrogens with one attached hydrogen (secondary N) is 1. The average molecular weight is 287 g/mol. The quantitative estimate of drug-likeness (QED) is 0.913. The van der Waals surface area contributed by atoms with Crippen LogP contribution in [-0.4, -0.2) is 40.7 Å². The van der Waals surface area contributed by atoms with Gasteiger partial charge >= 0.3 is 0 Å². The lowest BCUT2D eigenvalue weighted by Crippen LogP contribution is -2.44. The molecule has 5 nitrogen and oxygen atoms in total. The van der Waals surface area contributed by atoms with Gasteiger partial charge in [0.1, 0.15) is 6.04 Å². The number of piperidine rings is 1. The molecule has 1 amide bonds. The Labute approximate surface area is 120 Å². The van der Waals surface area contributed by atoms with Crippen LogP contribution in [0.25, 0.3) is 0 Å². The van der Waals surface area contributed by atoms with Gasteiger partial charge in [0.2, 0.25) is 5.91 Å². The fraction of sp³-hybridized carbons (Fsp3) is 0.692. The maximum Gasteiger partial charge on any atom is 0.244 e. The minimum atomic E-state index is -0.274. The number of likely N-dealkylation sites (N-methyl/N-ethyl adjacent to an activating group) is 1. The van der Waals surface area contributed by atoms with Crippen LogP contribution < -0.4 is 5.32 Å². The third kappa shape index (κ3) is 3.70. The van der Waals surface area contributed by atoms with E-state index in [-0.39, 0.29) is 24.4 Å². The van der Waals surface area contributed by atoms with E-state index in [2.05, 4.69) is 17.3 Å². The maximum absolute atomic E-state index is 12.5. The van der Waals surface area contributed by atoms with E-state index in [4.69, 9.17) is 0 Å². The summed E-state index contributed by atoms with van der Waals surface area (Å²) in [6.45, 7) is 3.96. The molecule has 0 radical (unpaired) electrons. The fourth-order valence-electron chi connectivity index (χ4n) is 2.59. The number of rotatable bonds is 3. The van der Waals surface area contributed by atoms with Crippen molar-refractivity contribution in [3.05, 3.63) is 18.0 Å². The van der Waals surface area contributed by atoms with Gasteiger partial charge in [0.25, 0.3) is 0 Å². The third-order valence-electron chi connectivity index (χ3n) is 3.56. The zero-order valence-corrected chi connectivity index (χ0v) is 12.6. The number of hydrogen-bond donors (Lipinski definition) is 1. The third-order valence-corrected chi connectivity index (χ3v) is 3.56. The standard InChI is InChI=1S/C13H22N4O.ClH/c1-10-5-4-6-17(8-10)13(18)12(14-2)11-7-15-16(3)9-11;/h7,9-10,12,14H,4-6,8H2,1-3H3;1H. The minimum Gasteiger partial charge on any atom is -0.341 e. The van der Waals surface area contributed by atoms with Gasteiger partial charge < -0.3 is 10.2 Å². The molecule has 0 aromatic carbocycles. The smallest absolute Gasteiger partial charge is 0.244 e. The van der Waals surface area contributed by atoms with Crippen LogP contribution in [0.4, 0.5) is 0 Å². The Morgan fingerprint density at radius 1 is 1.58 bits per heavy atom. The number of halogens is 1. The van der Waals surface area contributed by atoms with Crippen molar-refractivity contribution in [3.63, 3.8) is 0 Å². The molecule has 2 rings (SSSR count). The van der Waals surface area contributed by atoms with Crippen molar-refractivity contribution in [2.45, 2.75) is 25.8 Å². The summed E-state index contributed by atoms with van der Waals surface area (Å²) in [6, 6.07) is -0.274. The van der Waals surface area contributed by atoms with E-state index in [9.17, 15) is 4.79 Å². The lowest BCUT2D eigenvalue weighted by molar-refractivity contribution is -0.135. The van der Waals surface area contributed by atoms with Crippen LogP contribution in [0.3, 0.4) is 0 Å². The first kappa shape index (κ1) is 16.0. The van der Waals surface area contributed by atoms with E-state index >= 15 is 0 Å². The summed E-state index contributed by atoms with van der Waals surface area (Å²) in [7, 11) is 3.69. The number of carbonyl (C=O) groups excluding carboxylic acids is 1. The van der Waals surface area contributed by atoms with Gasteiger partial charge in [-0.15, -0.1) is 12.4 Å². The summed E-state index contributed by atoms with van der Waals surface area (Å²) in [4.78, 5) is 14.5. The second-order valence-electron chi connectivity index (χ2n) is 5.20. The maximum atomic E-state index is 12.5. The average Bonchev–Trinajstić information content (AvgIpc) is 2.76. The summed E-state index contributed by atoms with van der Waals surface area (Å²) >= 11 is 0. The molecule has 1 fully saturated rings. The summed E-state index contributed by atoms with van der Waals surface area (Å²) < 4.78 is 1.73. The molecular formula is C13H23ClN4O. The molecule has 2 unspecified atom stereocenters. The Balaban J connectivity index is 0.00000180. The van der Waals surface area contributed by atoms with E-state index in [1.807, 2.05) is 25.2 Å². The molecule has 0 saturated carbocycles. The summed E-state index contributed by atoms with van der Waals surface area (Å²) in [5.41, 5.74) is 0.934. The Bertz CT molecular complexity index is 421. The molecule has 0 spiro atoms. The monoisotopic (exact) mass is 286 g/mol. The first-order valence-electron chi connectivity index (χ1n) is 6.56. The molecule has 1 N–H and O–H groups in total. The molecule has 1 saturated heterocycles. The van der Waals surface area contributed by atoms with E-state index < -0.39 is 0 Å². The van der Waals surface area contributed by atoms with Gasteiger partial charge in [-0.05, 0) is 25.8 Å². The predicted molar refractivity (Wildman–Crippen MR) is 77.2 cm³/mol. The Morgan fingerprint density at radius 2 is 2.32 bits per heavy atom. The van der Waals surface area contributed by atoms with E-state index in [1.54, 1.807) is 10.9 Å². The SMILES string of the molecule is CNC(C(=O)N1CCCC(C)C1)c1cnn(C)c1.Cl. The van der Waals surface area contributed by atoms with Crippen LogP contribution in [-0.2, 0) is 11.8 Å². The second kappa shape index (κ2) is 6.91. The molecule has 2 heterocycles. The van der Waals surface area contributed by atoms with Crippen LogP contribution in [0.5, 0.6) is 0 Å². The molecule has 0 aliphatic carbocycles. The van der Waals surface area contributed by atoms with Crippen molar-refractivity contribution in [1.29, 1.82) is 0 Å². The van der Waals surface area contributed by atoms with Crippen molar-refractivity contribution >= 4 is 18.3 Å². The second-order valence-corrected chi connectivity index (χ2v) is 5.20. The van der Waals surface area contributed by atoms with Crippen LogP contribution in [0, 0.1) is 5.92 Å². The molecule has 108 valence electrons. The van der Waals surface area contributed by atoms with Crippen LogP contribution in [0.1, 0.15) is 31.4 Å². The molecule has 0 bridgehead atoms. The minimum absolute atomic E-state index is 0. The predicted octanol–water partition coefficient (Wildman–Crippen LogP) is 1.36. The van der Waals surface area contributed by atoms with Gasteiger partial charge in [0, 0.05) is 31.9 Å². The van der Waals surface area contributed by atoms with Gasteiger partial charge in [0.05, 0.1) is 6.20 Å². The van der Waals surface area contributed by atoms with Gasteiger partial charge in [-0.1, -0.05) is 6.92 Å². The number of aromatic nitrogens is 2. The highest BCUT2D eigenvalue weighted by Gasteiger charge is 2.28. The number of likely N-dealkylation sites (tertiary alicyclic amines) is 1. The van der Waals surface area contributed by atoms with Crippen LogP contribution in [0.2, 0.25) is 0 Å². The Hall–Kier alpha value is -1.07. The number of amides is 1. The molecule has 2 atom stereocenters. The molecule has 1 aliphatic heterocycles. The largest absolute Gasteiger partial charge is 0.341 e. The zero-order chi connectivity index (χ0) is 13.1. The molecule has 1 aliphatic rings. The van der Waals surface area contributed by atoms with Gasteiger partial charge in [-0.3, -0.25) is 9.48 Å². The van der Waals surface area contributed by atoms with Gasteiger partial charge in [-0.25, -0.2) is 0 Å². The van der Waals surface area contributed by atoms with Crippen molar-refractivity contribution in [2.75, 3.05) is 20.1 Å². The van der Waals surface area contributed by atoms with E-state index in [0.29, 0.717) is 5.92 Å². The number of hydrogen-bond acceptors (Lipinski definition) is 3. The normalized spacial score (nSPS) is 20.8. The zero-order valence-electron chi connectivity index (χ0n) is 11.8. The highest BCUT2D eigenvalue weighted by molar-refractivity contribution is 5.85. The number of nitrogens with zero attached hydrogens (tertiary/aromatic N) is 3. The molecule has 6 heteroatoms. The first-order valence-corrected chi connectivity index (χ1v) is 6.56. The fourth-order valence-corrected chi connectivity index (χ4v) is 2.59. The summed E-state index contributed by atoms with van der Waals surface area (Å²) in [6.07, 6.45) is 5.98. The van der Waals surface area contributed by atoms with E-state index in [0.717, 1.165) is 25.1 Å². The lowest BCUT2D eigenvalue weighted by Gasteiger charge is -2.33. The summed E-state index contributed by atoms with van der Waals surface area (Å²) in [5.74, 6) is 0.770. The highest BCUT2D eigenvalue weighted by Crippen LogP contribution is 2.20. The van der Waals surface area contributed by atoms with Crippen molar-refractivity contribution in [3.8, 4) is 0 Å². The van der Waals surface area contributed by atoms with Crippen molar-refractivity contribution < 1.29 is 4.79 Å². The molecule has 1 aromatic rings. The van der Waals surface area contributed by atoms with Gasteiger partial charge in [0.15, 0.2) is 0 Å². The highest BCUT2D eigenvalue weighted by atomic mass is 35.5. The van der Waals surface area contributed by atoms with Crippen LogP contribution >= 0.6 is 12.4 Å². The molecule has 1 aromatic heterocycles. The molecular weight excluding hydrogens is 264 g/mol. The van der Waals surface area contributed by atoms with E-state index in [1.165, 1.54) is 6.42 Å². The topological polar surface area (TPSA) is 50.2 Å². The lowest BCUT2D eigenvalue weighted by atomic mass is 9.99. The first-order chi connectivity index (χ1) is 8.61.